The maximum absolute atomic E-state index is 11.1. The molecule has 0 saturated carbocycles. The van der Waals surface area contributed by atoms with Gasteiger partial charge in [-0.1, -0.05) is 6.07 Å². The topological polar surface area (TPSA) is 89.6 Å². The van der Waals surface area contributed by atoms with E-state index in [9.17, 15) is 9.59 Å². The normalized spacial score (nSPS) is 10.2. The molecule has 0 bridgehead atoms. The first-order valence-electron chi connectivity index (χ1n) is 5.82. The van der Waals surface area contributed by atoms with E-state index in [0.29, 0.717) is 11.3 Å². The molecule has 1 aromatic carbocycles. The third-order valence-electron chi connectivity index (χ3n) is 2.74. The number of aryl methyl sites for hydroxylation is 1. The standard InChI is InChI=1S/C14H13NO4S/c1-8-10(6-12(20-8)14(17)18)7-19-11-4-2-3-9(5-11)13(15)16/h2-6H,7H2,1H3,(H2,15,16)(H,17,18). The number of amides is 1. The zero-order valence-electron chi connectivity index (χ0n) is 10.8. The van der Waals surface area contributed by atoms with Crippen LogP contribution in [0.2, 0.25) is 0 Å². The van der Waals surface area contributed by atoms with E-state index in [1.54, 1.807) is 30.3 Å². The molecule has 20 heavy (non-hydrogen) atoms. The van der Waals surface area contributed by atoms with Gasteiger partial charge in [-0.2, -0.15) is 0 Å². The molecule has 3 N–H and O–H groups in total. The van der Waals surface area contributed by atoms with Gasteiger partial charge in [0.05, 0.1) is 0 Å². The first kappa shape index (κ1) is 14.1. The fraction of sp³-hybridized carbons (Fsp3) is 0.143. The van der Waals surface area contributed by atoms with Gasteiger partial charge in [-0.15, -0.1) is 11.3 Å². The molecule has 2 rings (SSSR count). The van der Waals surface area contributed by atoms with Crippen molar-refractivity contribution in [3.63, 3.8) is 0 Å². The van der Waals surface area contributed by atoms with Crippen molar-refractivity contribution in [2.75, 3.05) is 0 Å². The molecule has 1 aromatic heterocycles. The molecule has 1 heterocycles. The molecule has 0 atom stereocenters. The van der Waals surface area contributed by atoms with E-state index in [1.807, 2.05) is 6.92 Å². The quantitative estimate of drug-likeness (QED) is 0.885. The van der Waals surface area contributed by atoms with Gasteiger partial charge in [0.2, 0.25) is 5.91 Å². The Bertz CT molecular complexity index is 663. The largest absolute Gasteiger partial charge is 0.489 e. The molecule has 1 amide bonds. The van der Waals surface area contributed by atoms with Crippen LogP contribution in [0.1, 0.15) is 30.5 Å². The van der Waals surface area contributed by atoms with Crippen LogP contribution in [-0.2, 0) is 6.61 Å². The number of rotatable bonds is 5. The maximum atomic E-state index is 11.1. The highest BCUT2D eigenvalue weighted by atomic mass is 32.1. The molecule has 0 radical (unpaired) electrons. The van der Waals surface area contributed by atoms with Gasteiger partial charge in [-0.25, -0.2) is 4.79 Å². The third kappa shape index (κ3) is 3.16. The van der Waals surface area contributed by atoms with Gasteiger partial charge in [0.15, 0.2) is 0 Å². The molecule has 0 aliphatic carbocycles. The summed E-state index contributed by atoms with van der Waals surface area (Å²) in [6.07, 6.45) is 0. The molecule has 0 spiro atoms. The van der Waals surface area contributed by atoms with Crippen molar-refractivity contribution < 1.29 is 19.4 Å². The van der Waals surface area contributed by atoms with Crippen molar-refractivity contribution in [1.29, 1.82) is 0 Å². The Morgan fingerprint density at radius 2 is 2.10 bits per heavy atom. The van der Waals surface area contributed by atoms with E-state index in [0.717, 1.165) is 10.4 Å². The first-order chi connectivity index (χ1) is 9.47. The maximum Gasteiger partial charge on any atom is 0.345 e. The fourth-order valence-corrected chi connectivity index (χ4v) is 2.54. The van der Waals surface area contributed by atoms with Crippen LogP contribution in [0.25, 0.3) is 0 Å². The van der Waals surface area contributed by atoms with Gasteiger partial charge in [0, 0.05) is 16.0 Å². The number of aromatic carboxylic acids is 1. The van der Waals surface area contributed by atoms with Gasteiger partial charge in [-0.05, 0) is 31.2 Å². The van der Waals surface area contributed by atoms with Gasteiger partial charge in [0.25, 0.3) is 0 Å². The summed E-state index contributed by atoms with van der Waals surface area (Å²) in [6, 6.07) is 8.15. The molecule has 0 aliphatic rings. The van der Waals surface area contributed by atoms with Crippen molar-refractivity contribution in [2.24, 2.45) is 5.73 Å². The summed E-state index contributed by atoms with van der Waals surface area (Å²) < 4.78 is 5.56. The number of benzene rings is 1. The Hall–Kier alpha value is -2.34. The summed E-state index contributed by atoms with van der Waals surface area (Å²) in [5.41, 5.74) is 6.38. The number of carbonyl (C=O) groups excluding carboxylic acids is 1. The minimum absolute atomic E-state index is 0.248. The van der Waals surface area contributed by atoms with E-state index >= 15 is 0 Å². The van der Waals surface area contributed by atoms with Crippen molar-refractivity contribution >= 4 is 23.2 Å². The van der Waals surface area contributed by atoms with Crippen LogP contribution in [0.4, 0.5) is 0 Å². The number of thiophene rings is 1. The Balaban J connectivity index is 2.10. The molecule has 2 aromatic rings. The first-order valence-corrected chi connectivity index (χ1v) is 6.64. The second kappa shape index (κ2) is 5.75. The van der Waals surface area contributed by atoms with Crippen LogP contribution >= 0.6 is 11.3 Å². The zero-order valence-corrected chi connectivity index (χ0v) is 11.6. The SMILES string of the molecule is Cc1sc(C(=O)O)cc1COc1cccc(C(N)=O)c1. The average molecular weight is 291 g/mol. The molecular formula is C14H13NO4S. The Morgan fingerprint density at radius 3 is 2.70 bits per heavy atom. The van der Waals surface area contributed by atoms with Crippen molar-refractivity contribution in [2.45, 2.75) is 13.5 Å². The third-order valence-corrected chi connectivity index (χ3v) is 3.83. The predicted molar refractivity (Wildman–Crippen MR) is 75.3 cm³/mol. The lowest BCUT2D eigenvalue weighted by Crippen LogP contribution is -2.10. The van der Waals surface area contributed by atoms with Crippen LogP contribution in [0.15, 0.2) is 30.3 Å². The van der Waals surface area contributed by atoms with Crippen molar-refractivity contribution in [3.05, 3.63) is 51.2 Å². The summed E-state index contributed by atoms with van der Waals surface area (Å²) in [7, 11) is 0. The summed E-state index contributed by atoms with van der Waals surface area (Å²) in [5, 5.41) is 8.92. The van der Waals surface area contributed by atoms with Crippen LogP contribution in [-0.4, -0.2) is 17.0 Å². The number of ether oxygens (including phenoxy) is 1. The smallest absolute Gasteiger partial charge is 0.345 e. The van der Waals surface area contributed by atoms with E-state index in [-0.39, 0.29) is 11.5 Å². The van der Waals surface area contributed by atoms with Crippen LogP contribution in [0.3, 0.4) is 0 Å². The van der Waals surface area contributed by atoms with Gasteiger partial charge >= 0.3 is 5.97 Å². The summed E-state index contributed by atoms with van der Waals surface area (Å²) in [5.74, 6) is -0.945. The monoisotopic (exact) mass is 291 g/mol. The lowest BCUT2D eigenvalue weighted by Gasteiger charge is -2.06. The van der Waals surface area contributed by atoms with Gasteiger partial charge in [-0.3, -0.25) is 4.79 Å². The minimum Gasteiger partial charge on any atom is -0.489 e. The van der Waals surface area contributed by atoms with Crippen LogP contribution in [0, 0.1) is 6.92 Å². The number of primary amides is 1. The van der Waals surface area contributed by atoms with E-state index in [1.165, 1.54) is 11.3 Å². The van der Waals surface area contributed by atoms with Crippen LogP contribution < -0.4 is 10.5 Å². The van der Waals surface area contributed by atoms with E-state index < -0.39 is 11.9 Å². The molecule has 5 nitrogen and oxygen atoms in total. The second-order valence-electron chi connectivity index (χ2n) is 4.18. The van der Waals surface area contributed by atoms with Gasteiger partial charge in [0.1, 0.15) is 17.2 Å². The Labute approximate surface area is 119 Å². The second-order valence-corrected chi connectivity index (χ2v) is 5.43. The summed E-state index contributed by atoms with van der Waals surface area (Å²) >= 11 is 1.21. The highest BCUT2D eigenvalue weighted by molar-refractivity contribution is 7.14. The minimum atomic E-state index is -0.944. The molecular weight excluding hydrogens is 278 g/mol. The molecule has 0 saturated heterocycles. The molecule has 104 valence electrons. The highest BCUT2D eigenvalue weighted by Crippen LogP contribution is 2.23. The van der Waals surface area contributed by atoms with E-state index in [2.05, 4.69) is 0 Å². The lowest BCUT2D eigenvalue weighted by atomic mass is 10.2. The number of carboxylic acids is 1. The van der Waals surface area contributed by atoms with Crippen molar-refractivity contribution in [1.82, 2.24) is 0 Å². The molecule has 0 unspecified atom stereocenters. The number of hydrogen-bond donors (Lipinski definition) is 2. The van der Waals surface area contributed by atoms with Crippen LogP contribution in [0.5, 0.6) is 5.75 Å². The average Bonchev–Trinajstić information content (AvgIpc) is 2.78. The number of nitrogens with two attached hydrogens (primary N) is 1. The Morgan fingerprint density at radius 1 is 1.35 bits per heavy atom. The van der Waals surface area contributed by atoms with Gasteiger partial charge < -0.3 is 15.6 Å². The zero-order chi connectivity index (χ0) is 14.7. The Kier molecular flexibility index (Phi) is 4.05. The number of carbonyl (C=O) groups is 2. The number of carboxylic acid groups (broad SMARTS) is 1. The highest BCUT2D eigenvalue weighted by Gasteiger charge is 2.11. The molecule has 0 fully saturated rings. The number of hydrogen-bond acceptors (Lipinski definition) is 4. The predicted octanol–water partition coefficient (Wildman–Crippen LogP) is 2.43. The summed E-state index contributed by atoms with van der Waals surface area (Å²) in [4.78, 5) is 23.1. The van der Waals surface area contributed by atoms with Crippen molar-refractivity contribution in [3.8, 4) is 5.75 Å². The molecule has 0 aliphatic heterocycles. The lowest BCUT2D eigenvalue weighted by molar-refractivity contribution is 0.0701. The van der Waals surface area contributed by atoms with E-state index in [4.69, 9.17) is 15.6 Å². The fourth-order valence-electron chi connectivity index (χ4n) is 1.67. The summed E-state index contributed by atoms with van der Waals surface area (Å²) in [6.45, 7) is 2.09. The molecule has 6 heteroatoms.